The standard InChI is InChI=1S/C17H19NO/c1-19-16-7-4-6-13(11-16)17-8-3-2-5-14(17)12-18-15-9-10-15/h2-8,11,15,18H,9-10,12H2,1H3. The summed E-state index contributed by atoms with van der Waals surface area (Å²) in [5, 5.41) is 3.58. The Morgan fingerprint density at radius 1 is 1.11 bits per heavy atom. The molecule has 2 aromatic carbocycles. The van der Waals surface area contributed by atoms with Gasteiger partial charge in [-0.1, -0.05) is 36.4 Å². The van der Waals surface area contributed by atoms with Gasteiger partial charge >= 0.3 is 0 Å². The lowest BCUT2D eigenvalue weighted by atomic mass is 9.99. The molecule has 0 heterocycles. The van der Waals surface area contributed by atoms with E-state index in [1.165, 1.54) is 29.5 Å². The van der Waals surface area contributed by atoms with E-state index in [4.69, 9.17) is 4.74 Å². The number of rotatable bonds is 5. The van der Waals surface area contributed by atoms with E-state index >= 15 is 0 Å². The number of methoxy groups -OCH3 is 1. The molecule has 0 saturated heterocycles. The van der Waals surface area contributed by atoms with Crippen LogP contribution in [0.3, 0.4) is 0 Å². The summed E-state index contributed by atoms with van der Waals surface area (Å²) < 4.78 is 5.31. The largest absolute Gasteiger partial charge is 0.497 e. The highest BCUT2D eigenvalue weighted by molar-refractivity contribution is 5.68. The summed E-state index contributed by atoms with van der Waals surface area (Å²) >= 11 is 0. The lowest BCUT2D eigenvalue weighted by Gasteiger charge is -2.11. The molecular formula is C17H19NO. The van der Waals surface area contributed by atoms with Gasteiger partial charge in [-0.3, -0.25) is 0 Å². The Labute approximate surface area is 114 Å². The second-order valence-electron chi connectivity index (χ2n) is 5.04. The Hall–Kier alpha value is -1.80. The normalized spacial score (nSPS) is 14.4. The van der Waals surface area contributed by atoms with Crippen molar-refractivity contribution in [3.63, 3.8) is 0 Å². The number of nitrogens with one attached hydrogen (secondary N) is 1. The summed E-state index contributed by atoms with van der Waals surface area (Å²) in [5.74, 6) is 0.905. The summed E-state index contributed by atoms with van der Waals surface area (Å²) in [6.07, 6.45) is 2.64. The number of hydrogen-bond donors (Lipinski definition) is 1. The first kappa shape index (κ1) is 12.2. The molecule has 2 aromatic rings. The van der Waals surface area contributed by atoms with Crippen LogP contribution in [0.2, 0.25) is 0 Å². The molecule has 0 aliphatic heterocycles. The van der Waals surface area contributed by atoms with Crippen molar-refractivity contribution in [2.75, 3.05) is 7.11 Å². The Morgan fingerprint density at radius 3 is 2.74 bits per heavy atom. The van der Waals surface area contributed by atoms with E-state index in [0.717, 1.165) is 18.3 Å². The van der Waals surface area contributed by atoms with Crippen LogP contribution in [0.5, 0.6) is 5.75 Å². The van der Waals surface area contributed by atoms with Gasteiger partial charge in [-0.15, -0.1) is 0 Å². The monoisotopic (exact) mass is 253 g/mol. The van der Waals surface area contributed by atoms with Crippen LogP contribution in [0, 0.1) is 0 Å². The molecule has 0 aromatic heterocycles. The number of hydrogen-bond acceptors (Lipinski definition) is 2. The highest BCUT2D eigenvalue weighted by Gasteiger charge is 2.20. The molecule has 1 saturated carbocycles. The molecule has 1 fully saturated rings. The molecule has 0 unspecified atom stereocenters. The van der Waals surface area contributed by atoms with Gasteiger partial charge in [0.2, 0.25) is 0 Å². The first-order valence-electron chi connectivity index (χ1n) is 6.82. The third-order valence-corrected chi connectivity index (χ3v) is 3.56. The van der Waals surface area contributed by atoms with Crippen LogP contribution in [0.1, 0.15) is 18.4 Å². The Morgan fingerprint density at radius 2 is 1.95 bits per heavy atom. The maximum Gasteiger partial charge on any atom is 0.119 e. The van der Waals surface area contributed by atoms with Gasteiger partial charge in [-0.25, -0.2) is 0 Å². The van der Waals surface area contributed by atoms with Gasteiger partial charge in [-0.05, 0) is 41.7 Å². The van der Waals surface area contributed by atoms with Crippen molar-refractivity contribution in [3.8, 4) is 16.9 Å². The Bertz CT molecular complexity index is 561. The van der Waals surface area contributed by atoms with Crippen LogP contribution >= 0.6 is 0 Å². The number of ether oxygens (including phenoxy) is 1. The predicted molar refractivity (Wildman–Crippen MR) is 78.3 cm³/mol. The molecular weight excluding hydrogens is 234 g/mol. The average Bonchev–Trinajstić information content (AvgIpc) is 3.30. The third kappa shape index (κ3) is 2.96. The van der Waals surface area contributed by atoms with Gasteiger partial charge in [0, 0.05) is 12.6 Å². The van der Waals surface area contributed by atoms with Gasteiger partial charge in [-0.2, -0.15) is 0 Å². The van der Waals surface area contributed by atoms with Crippen molar-refractivity contribution in [1.29, 1.82) is 0 Å². The van der Waals surface area contributed by atoms with Crippen molar-refractivity contribution in [2.24, 2.45) is 0 Å². The van der Waals surface area contributed by atoms with Crippen molar-refractivity contribution in [2.45, 2.75) is 25.4 Å². The fourth-order valence-corrected chi connectivity index (χ4v) is 2.29. The lowest BCUT2D eigenvalue weighted by molar-refractivity contribution is 0.415. The smallest absolute Gasteiger partial charge is 0.119 e. The van der Waals surface area contributed by atoms with Gasteiger partial charge in [0.05, 0.1) is 7.11 Å². The van der Waals surface area contributed by atoms with Crippen molar-refractivity contribution in [3.05, 3.63) is 54.1 Å². The van der Waals surface area contributed by atoms with Crippen LogP contribution < -0.4 is 10.1 Å². The average molecular weight is 253 g/mol. The molecule has 0 spiro atoms. The first-order chi connectivity index (χ1) is 9.36. The molecule has 0 radical (unpaired) electrons. The second kappa shape index (κ2) is 5.45. The van der Waals surface area contributed by atoms with E-state index in [2.05, 4.69) is 41.7 Å². The molecule has 1 aliphatic carbocycles. The Kier molecular flexibility index (Phi) is 3.51. The van der Waals surface area contributed by atoms with Crippen LogP contribution in [-0.4, -0.2) is 13.2 Å². The van der Waals surface area contributed by atoms with Gasteiger partial charge < -0.3 is 10.1 Å². The molecule has 1 aliphatic rings. The van der Waals surface area contributed by atoms with Gasteiger partial charge in [0.15, 0.2) is 0 Å². The molecule has 98 valence electrons. The third-order valence-electron chi connectivity index (χ3n) is 3.56. The lowest BCUT2D eigenvalue weighted by Crippen LogP contribution is -2.15. The minimum Gasteiger partial charge on any atom is -0.497 e. The predicted octanol–water partition coefficient (Wildman–Crippen LogP) is 3.61. The molecule has 0 bridgehead atoms. The summed E-state index contributed by atoms with van der Waals surface area (Å²) in [5.41, 5.74) is 3.85. The SMILES string of the molecule is COc1cccc(-c2ccccc2CNC2CC2)c1. The molecule has 0 atom stereocenters. The Balaban J connectivity index is 1.88. The molecule has 2 nitrogen and oxygen atoms in total. The van der Waals surface area contributed by atoms with E-state index in [1.807, 2.05) is 12.1 Å². The van der Waals surface area contributed by atoms with Crippen molar-refractivity contribution < 1.29 is 4.74 Å². The quantitative estimate of drug-likeness (QED) is 0.878. The molecule has 3 rings (SSSR count). The highest BCUT2D eigenvalue weighted by atomic mass is 16.5. The topological polar surface area (TPSA) is 21.3 Å². The summed E-state index contributed by atoms with van der Waals surface area (Å²) in [6, 6.07) is 17.6. The highest BCUT2D eigenvalue weighted by Crippen LogP contribution is 2.28. The molecule has 0 amide bonds. The van der Waals surface area contributed by atoms with Crippen LogP contribution in [-0.2, 0) is 6.54 Å². The fraction of sp³-hybridized carbons (Fsp3) is 0.294. The van der Waals surface area contributed by atoms with Crippen LogP contribution in [0.15, 0.2) is 48.5 Å². The summed E-state index contributed by atoms with van der Waals surface area (Å²) in [6.45, 7) is 0.943. The number of benzene rings is 2. The van der Waals surface area contributed by atoms with E-state index in [1.54, 1.807) is 7.11 Å². The van der Waals surface area contributed by atoms with Crippen molar-refractivity contribution in [1.82, 2.24) is 5.32 Å². The summed E-state index contributed by atoms with van der Waals surface area (Å²) in [4.78, 5) is 0. The molecule has 1 N–H and O–H groups in total. The van der Waals surface area contributed by atoms with E-state index in [0.29, 0.717) is 0 Å². The summed E-state index contributed by atoms with van der Waals surface area (Å²) in [7, 11) is 1.71. The minimum atomic E-state index is 0.735. The van der Waals surface area contributed by atoms with Gasteiger partial charge in [0.25, 0.3) is 0 Å². The maximum absolute atomic E-state index is 5.31. The van der Waals surface area contributed by atoms with E-state index in [9.17, 15) is 0 Å². The second-order valence-corrected chi connectivity index (χ2v) is 5.04. The van der Waals surface area contributed by atoms with Gasteiger partial charge in [0.1, 0.15) is 5.75 Å². The zero-order valence-electron chi connectivity index (χ0n) is 11.2. The first-order valence-corrected chi connectivity index (χ1v) is 6.82. The fourth-order valence-electron chi connectivity index (χ4n) is 2.29. The van der Waals surface area contributed by atoms with Crippen LogP contribution in [0.4, 0.5) is 0 Å². The molecule has 19 heavy (non-hydrogen) atoms. The van der Waals surface area contributed by atoms with Crippen molar-refractivity contribution >= 4 is 0 Å². The van der Waals surface area contributed by atoms with E-state index < -0.39 is 0 Å². The van der Waals surface area contributed by atoms with E-state index in [-0.39, 0.29) is 0 Å². The zero-order chi connectivity index (χ0) is 13.1. The minimum absolute atomic E-state index is 0.735. The van der Waals surface area contributed by atoms with Crippen LogP contribution in [0.25, 0.3) is 11.1 Å². The molecule has 2 heteroatoms. The maximum atomic E-state index is 5.31. The zero-order valence-corrected chi connectivity index (χ0v) is 11.2.